The maximum atomic E-state index is 5.11. The molecule has 3 heteroatoms. The molecule has 0 radical (unpaired) electrons. The van der Waals surface area contributed by atoms with Crippen molar-refractivity contribution in [2.45, 2.75) is 18.8 Å². The molecule has 1 atom stereocenters. The van der Waals surface area contributed by atoms with Gasteiger partial charge in [-0.05, 0) is 51.9 Å². The number of nitrogens with zero attached hydrogens (tertiary/aromatic N) is 2. The van der Waals surface area contributed by atoms with Crippen molar-refractivity contribution in [1.29, 1.82) is 0 Å². The Bertz CT molecular complexity index is 2440. The zero-order chi connectivity index (χ0) is 33.5. The molecule has 0 bridgehead atoms. The topological polar surface area (TPSA) is 25.8 Å². The Morgan fingerprint density at radius 1 is 0.520 bits per heavy atom. The van der Waals surface area contributed by atoms with Gasteiger partial charge in [0.2, 0.25) is 0 Å². The summed E-state index contributed by atoms with van der Waals surface area (Å²) >= 11 is 1.95. The fourth-order valence-electron chi connectivity index (χ4n) is 7.27. The summed E-state index contributed by atoms with van der Waals surface area (Å²) < 4.78 is 1.32. The van der Waals surface area contributed by atoms with Gasteiger partial charge in [-0.15, -0.1) is 11.3 Å². The van der Waals surface area contributed by atoms with Crippen molar-refractivity contribution in [2.75, 3.05) is 0 Å². The van der Waals surface area contributed by atoms with Crippen molar-refractivity contribution in [1.82, 2.24) is 9.97 Å². The molecule has 1 unspecified atom stereocenters. The number of fused-ring (bicyclic) bond motifs is 3. The minimum atomic E-state index is -0.106. The molecule has 0 saturated carbocycles. The lowest BCUT2D eigenvalue weighted by molar-refractivity contribution is 0.588. The first-order chi connectivity index (χ1) is 24.6. The summed E-state index contributed by atoms with van der Waals surface area (Å²) in [6.45, 7) is 2.41. The molecule has 0 amide bonds. The van der Waals surface area contributed by atoms with Crippen LogP contribution in [0.5, 0.6) is 0 Å². The summed E-state index contributed by atoms with van der Waals surface area (Å²) in [7, 11) is 0. The first-order valence-corrected chi connectivity index (χ1v) is 17.9. The predicted molar refractivity (Wildman–Crippen MR) is 211 cm³/mol. The van der Waals surface area contributed by atoms with E-state index in [2.05, 4.69) is 159 Å². The van der Waals surface area contributed by atoms with Crippen LogP contribution in [-0.2, 0) is 5.41 Å². The fraction of sp³-hybridized carbons (Fsp3) is 0.0638. The van der Waals surface area contributed by atoms with E-state index in [0.29, 0.717) is 0 Å². The number of aromatic nitrogens is 2. The highest BCUT2D eigenvalue weighted by Gasteiger charge is 2.35. The maximum absolute atomic E-state index is 5.11. The van der Waals surface area contributed by atoms with Crippen molar-refractivity contribution in [3.63, 3.8) is 0 Å². The van der Waals surface area contributed by atoms with Gasteiger partial charge in [-0.25, -0.2) is 9.97 Å². The van der Waals surface area contributed by atoms with E-state index in [1.165, 1.54) is 48.3 Å². The minimum absolute atomic E-state index is 0.106. The average Bonchev–Trinajstić information content (AvgIpc) is 3.59. The number of rotatable bonds is 6. The zero-order valence-electron chi connectivity index (χ0n) is 27.8. The van der Waals surface area contributed by atoms with Crippen LogP contribution in [0.4, 0.5) is 0 Å². The molecule has 2 nitrogen and oxygen atoms in total. The number of thiophene rings is 1. The van der Waals surface area contributed by atoms with E-state index in [1.807, 2.05) is 35.6 Å². The van der Waals surface area contributed by atoms with Crippen LogP contribution in [-0.4, -0.2) is 9.97 Å². The molecule has 2 aromatic heterocycles. The standard InChI is InChI=1S/C47H34N2S/c1-47(38-27-25-33(26-28-38)32-14-5-2-6-15-32)29-13-24-41-40-23-12-22-39(44(40)50-45(41)47)36-20-11-21-37(30-36)43-31-42(34-16-7-3-8-17-34)48-46(49-43)35-18-9-4-10-19-35/h2-28,30-31H,29H2,1H3. The molecular weight excluding hydrogens is 625 g/mol. The van der Waals surface area contributed by atoms with Crippen LogP contribution in [0.1, 0.15) is 29.3 Å². The van der Waals surface area contributed by atoms with Gasteiger partial charge in [0.1, 0.15) is 0 Å². The van der Waals surface area contributed by atoms with Crippen LogP contribution >= 0.6 is 11.3 Å². The van der Waals surface area contributed by atoms with Gasteiger partial charge in [-0.1, -0.05) is 171 Å². The Morgan fingerprint density at radius 3 is 1.82 bits per heavy atom. The van der Waals surface area contributed by atoms with Crippen molar-refractivity contribution in [2.24, 2.45) is 0 Å². The van der Waals surface area contributed by atoms with Crippen molar-refractivity contribution >= 4 is 27.5 Å². The SMILES string of the molecule is CC1(c2ccc(-c3ccccc3)cc2)CC=Cc2c1sc1c(-c3cccc(-c4cc(-c5ccccc5)nc(-c5ccccc5)n4)c3)cccc21. The Hall–Kier alpha value is -5.90. The predicted octanol–water partition coefficient (Wildman–Crippen LogP) is 12.7. The van der Waals surface area contributed by atoms with Gasteiger partial charge in [-0.2, -0.15) is 0 Å². The Kier molecular flexibility index (Phi) is 7.56. The zero-order valence-corrected chi connectivity index (χ0v) is 28.6. The quantitative estimate of drug-likeness (QED) is 0.178. The molecule has 2 heterocycles. The van der Waals surface area contributed by atoms with Crippen LogP contribution < -0.4 is 0 Å². The average molecular weight is 659 g/mol. The highest BCUT2D eigenvalue weighted by molar-refractivity contribution is 7.20. The normalized spacial score (nSPS) is 15.2. The summed E-state index contributed by atoms with van der Waals surface area (Å²) in [4.78, 5) is 11.5. The van der Waals surface area contributed by atoms with Crippen LogP contribution in [0.2, 0.25) is 0 Å². The van der Waals surface area contributed by atoms with Gasteiger partial charge in [0.25, 0.3) is 0 Å². The van der Waals surface area contributed by atoms with E-state index >= 15 is 0 Å². The molecule has 0 spiro atoms. The molecule has 50 heavy (non-hydrogen) atoms. The Labute approximate surface area is 297 Å². The monoisotopic (exact) mass is 658 g/mol. The molecule has 0 aliphatic heterocycles. The van der Waals surface area contributed by atoms with Crippen LogP contribution in [0, 0.1) is 0 Å². The highest BCUT2D eigenvalue weighted by atomic mass is 32.1. The molecule has 0 N–H and O–H groups in total. The number of hydrogen-bond acceptors (Lipinski definition) is 3. The van der Waals surface area contributed by atoms with Crippen LogP contribution in [0.3, 0.4) is 0 Å². The summed E-state index contributed by atoms with van der Waals surface area (Å²) in [5.74, 6) is 0.725. The number of benzene rings is 6. The van der Waals surface area contributed by atoms with E-state index in [1.54, 1.807) is 0 Å². The summed E-state index contributed by atoms with van der Waals surface area (Å²) in [5.41, 5.74) is 12.5. The van der Waals surface area contributed by atoms with Crippen LogP contribution in [0.25, 0.3) is 72.3 Å². The van der Waals surface area contributed by atoms with E-state index in [4.69, 9.17) is 9.97 Å². The smallest absolute Gasteiger partial charge is 0.160 e. The van der Waals surface area contributed by atoms with Gasteiger partial charge >= 0.3 is 0 Å². The number of hydrogen-bond donors (Lipinski definition) is 0. The third kappa shape index (κ3) is 5.37. The lowest BCUT2D eigenvalue weighted by atomic mass is 9.74. The van der Waals surface area contributed by atoms with Gasteiger partial charge < -0.3 is 0 Å². The lowest BCUT2D eigenvalue weighted by Crippen LogP contribution is -2.24. The van der Waals surface area contributed by atoms with Crippen molar-refractivity contribution < 1.29 is 0 Å². The van der Waals surface area contributed by atoms with Crippen LogP contribution in [0.15, 0.2) is 170 Å². The highest BCUT2D eigenvalue weighted by Crippen LogP contribution is 2.50. The second-order valence-electron chi connectivity index (χ2n) is 13.2. The lowest BCUT2D eigenvalue weighted by Gasteiger charge is -2.32. The third-order valence-corrected chi connectivity index (χ3v) is 11.5. The number of allylic oxidation sites excluding steroid dienone is 1. The first kappa shape index (κ1) is 30.2. The van der Waals surface area contributed by atoms with E-state index in [-0.39, 0.29) is 5.41 Å². The largest absolute Gasteiger partial charge is 0.228 e. The van der Waals surface area contributed by atoms with Gasteiger partial charge in [0, 0.05) is 37.1 Å². The molecule has 9 rings (SSSR count). The van der Waals surface area contributed by atoms with Crippen molar-refractivity contribution in [3.05, 3.63) is 186 Å². The molecule has 1 aliphatic carbocycles. The minimum Gasteiger partial charge on any atom is -0.228 e. The summed E-state index contributed by atoms with van der Waals surface area (Å²) in [5, 5.41) is 1.32. The molecule has 0 fully saturated rings. The molecular formula is C47H34N2S. The van der Waals surface area contributed by atoms with Gasteiger partial charge in [0.05, 0.1) is 11.4 Å². The van der Waals surface area contributed by atoms with Gasteiger partial charge in [0.15, 0.2) is 5.82 Å². The van der Waals surface area contributed by atoms with E-state index < -0.39 is 0 Å². The second-order valence-corrected chi connectivity index (χ2v) is 14.2. The van der Waals surface area contributed by atoms with E-state index in [0.717, 1.165) is 40.3 Å². The fourth-order valence-corrected chi connectivity index (χ4v) is 8.77. The summed E-state index contributed by atoms with van der Waals surface area (Å²) in [6, 6.07) is 58.2. The van der Waals surface area contributed by atoms with Crippen molar-refractivity contribution in [3.8, 4) is 56.2 Å². The summed E-state index contributed by atoms with van der Waals surface area (Å²) in [6.07, 6.45) is 5.67. The molecule has 6 aromatic carbocycles. The Balaban J connectivity index is 1.13. The molecule has 238 valence electrons. The first-order valence-electron chi connectivity index (χ1n) is 17.1. The molecule has 8 aromatic rings. The molecule has 1 aliphatic rings. The second kappa shape index (κ2) is 12.5. The third-order valence-electron chi connectivity index (χ3n) is 9.99. The Morgan fingerprint density at radius 2 is 1.10 bits per heavy atom. The molecule has 0 saturated heterocycles. The van der Waals surface area contributed by atoms with E-state index in [9.17, 15) is 0 Å². The maximum Gasteiger partial charge on any atom is 0.160 e. The van der Waals surface area contributed by atoms with Gasteiger partial charge in [-0.3, -0.25) is 0 Å².